The van der Waals surface area contributed by atoms with Crippen molar-refractivity contribution in [3.05, 3.63) is 48.1 Å². The first kappa shape index (κ1) is 14.4. The van der Waals surface area contributed by atoms with Crippen LogP contribution < -0.4 is 5.32 Å². The van der Waals surface area contributed by atoms with Crippen LogP contribution in [0.3, 0.4) is 0 Å². The largest absolute Gasteiger partial charge is 0.478 e. The fourth-order valence-corrected chi connectivity index (χ4v) is 1.58. The third-order valence-electron chi connectivity index (χ3n) is 2.54. The molecule has 8 nitrogen and oxygen atoms in total. The van der Waals surface area contributed by atoms with Crippen LogP contribution in [0.5, 0.6) is 0 Å². The van der Waals surface area contributed by atoms with Crippen molar-refractivity contribution in [3.63, 3.8) is 0 Å². The minimum absolute atomic E-state index is 0.284. The van der Waals surface area contributed by atoms with E-state index in [9.17, 15) is 9.59 Å². The molecular formula is C13H13N5O3. The molecule has 0 radical (unpaired) electrons. The topological polar surface area (TPSA) is 110 Å². The zero-order valence-corrected chi connectivity index (χ0v) is 11.0. The van der Waals surface area contributed by atoms with E-state index in [4.69, 9.17) is 5.11 Å². The van der Waals surface area contributed by atoms with Crippen LogP contribution in [0.1, 0.15) is 15.9 Å². The molecule has 2 heterocycles. The highest BCUT2D eigenvalue weighted by atomic mass is 16.4. The van der Waals surface area contributed by atoms with Gasteiger partial charge in [0.15, 0.2) is 0 Å². The Bertz CT molecular complexity index is 652. The summed E-state index contributed by atoms with van der Waals surface area (Å²) in [5, 5.41) is 18.7. The van der Waals surface area contributed by atoms with E-state index in [1.54, 1.807) is 23.1 Å². The average molecular weight is 287 g/mol. The molecule has 0 saturated carbocycles. The standard InChI is InChI=1S/C13H13N5O3/c19-12(20)2-1-10-7-11(9-14-8-10)13(21)15-3-5-18-6-4-16-17-18/h1-2,4,6-9H,3,5H2,(H,15,21)(H,19,20)/b2-1+. The Kier molecular flexibility index (Phi) is 4.75. The highest BCUT2D eigenvalue weighted by molar-refractivity contribution is 5.94. The molecule has 1 amide bonds. The summed E-state index contributed by atoms with van der Waals surface area (Å²) in [4.78, 5) is 26.3. The number of hydrogen-bond donors (Lipinski definition) is 2. The van der Waals surface area contributed by atoms with Gasteiger partial charge in [-0.1, -0.05) is 5.21 Å². The van der Waals surface area contributed by atoms with Gasteiger partial charge in [-0.2, -0.15) is 0 Å². The molecule has 0 saturated heterocycles. The van der Waals surface area contributed by atoms with Crippen LogP contribution in [0.2, 0.25) is 0 Å². The average Bonchev–Trinajstić information content (AvgIpc) is 2.98. The minimum Gasteiger partial charge on any atom is -0.478 e. The number of carboxylic acids is 1. The van der Waals surface area contributed by atoms with Crippen molar-refractivity contribution < 1.29 is 14.7 Å². The van der Waals surface area contributed by atoms with Crippen LogP contribution in [0.4, 0.5) is 0 Å². The number of carboxylic acid groups (broad SMARTS) is 1. The molecule has 2 rings (SSSR count). The molecule has 0 fully saturated rings. The second-order valence-electron chi connectivity index (χ2n) is 4.10. The van der Waals surface area contributed by atoms with Gasteiger partial charge in [0.05, 0.1) is 18.3 Å². The van der Waals surface area contributed by atoms with Crippen molar-refractivity contribution in [1.29, 1.82) is 0 Å². The summed E-state index contributed by atoms with van der Waals surface area (Å²) in [5.74, 6) is -1.34. The van der Waals surface area contributed by atoms with E-state index in [-0.39, 0.29) is 5.91 Å². The summed E-state index contributed by atoms with van der Waals surface area (Å²) < 4.78 is 1.60. The van der Waals surface area contributed by atoms with Gasteiger partial charge in [0.2, 0.25) is 0 Å². The molecule has 0 aliphatic carbocycles. The lowest BCUT2D eigenvalue weighted by Crippen LogP contribution is -2.27. The summed E-state index contributed by atoms with van der Waals surface area (Å²) in [6, 6.07) is 1.57. The summed E-state index contributed by atoms with van der Waals surface area (Å²) in [6.45, 7) is 0.912. The van der Waals surface area contributed by atoms with E-state index in [0.717, 1.165) is 6.08 Å². The fraction of sp³-hybridized carbons (Fsp3) is 0.154. The molecule has 21 heavy (non-hydrogen) atoms. The van der Waals surface area contributed by atoms with Crippen LogP contribution >= 0.6 is 0 Å². The Morgan fingerprint density at radius 2 is 2.24 bits per heavy atom. The van der Waals surface area contributed by atoms with Crippen LogP contribution in [0.15, 0.2) is 36.9 Å². The summed E-state index contributed by atoms with van der Waals surface area (Å²) >= 11 is 0. The van der Waals surface area contributed by atoms with Crippen LogP contribution in [0.25, 0.3) is 6.08 Å². The summed E-state index contributed by atoms with van der Waals surface area (Å²) in [6.07, 6.45) is 8.52. The third kappa shape index (κ3) is 4.53. The molecule has 0 bridgehead atoms. The number of aromatic nitrogens is 4. The van der Waals surface area contributed by atoms with Gasteiger partial charge >= 0.3 is 5.97 Å². The van der Waals surface area contributed by atoms with Gasteiger partial charge in [-0.15, -0.1) is 5.10 Å². The maximum Gasteiger partial charge on any atom is 0.328 e. The predicted molar refractivity (Wildman–Crippen MR) is 73.3 cm³/mol. The highest BCUT2D eigenvalue weighted by Gasteiger charge is 2.06. The summed E-state index contributed by atoms with van der Waals surface area (Å²) in [7, 11) is 0. The van der Waals surface area contributed by atoms with Gasteiger partial charge in [0.1, 0.15) is 0 Å². The van der Waals surface area contributed by atoms with E-state index >= 15 is 0 Å². The zero-order chi connectivity index (χ0) is 15.1. The molecular weight excluding hydrogens is 274 g/mol. The van der Waals surface area contributed by atoms with Crippen molar-refractivity contribution in [2.24, 2.45) is 0 Å². The summed E-state index contributed by atoms with van der Waals surface area (Å²) in [5.41, 5.74) is 0.905. The first-order valence-electron chi connectivity index (χ1n) is 6.13. The molecule has 0 aliphatic rings. The van der Waals surface area contributed by atoms with Gasteiger partial charge in [-0.05, 0) is 17.7 Å². The predicted octanol–water partition coefficient (Wildman–Crippen LogP) is 0.201. The van der Waals surface area contributed by atoms with Crippen LogP contribution in [-0.4, -0.2) is 43.5 Å². The molecule has 108 valence electrons. The number of amides is 1. The second-order valence-corrected chi connectivity index (χ2v) is 4.10. The number of hydrogen-bond acceptors (Lipinski definition) is 5. The second kappa shape index (κ2) is 6.94. The van der Waals surface area contributed by atoms with Gasteiger partial charge in [0, 0.05) is 31.2 Å². The molecule has 8 heteroatoms. The fourth-order valence-electron chi connectivity index (χ4n) is 1.58. The van der Waals surface area contributed by atoms with Crippen molar-refractivity contribution in [2.75, 3.05) is 6.54 Å². The van der Waals surface area contributed by atoms with Crippen molar-refractivity contribution >= 4 is 18.0 Å². The van der Waals surface area contributed by atoms with Crippen LogP contribution in [0, 0.1) is 0 Å². The third-order valence-corrected chi connectivity index (χ3v) is 2.54. The Balaban J connectivity index is 1.92. The monoisotopic (exact) mass is 287 g/mol. The van der Waals surface area contributed by atoms with E-state index in [1.807, 2.05) is 0 Å². The lowest BCUT2D eigenvalue weighted by atomic mass is 10.2. The van der Waals surface area contributed by atoms with Crippen molar-refractivity contribution in [3.8, 4) is 0 Å². The van der Waals surface area contributed by atoms with Gasteiger partial charge < -0.3 is 10.4 Å². The number of pyridine rings is 1. The Morgan fingerprint density at radius 3 is 2.95 bits per heavy atom. The number of carbonyl (C=O) groups is 2. The molecule has 0 aromatic carbocycles. The zero-order valence-electron chi connectivity index (χ0n) is 11.0. The van der Waals surface area contributed by atoms with Crippen molar-refractivity contribution in [1.82, 2.24) is 25.3 Å². The molecule has 2 aromatic heterocycles. The molecule has 0 atom stereocenters. The minimum atomic E-state index is -1.06. The van der Waals surface area contributed by atoms with E-state index in [2.05, 4.69) is 20.6 Å². The number of carbonyl (C=O) groups excluding carboxylic acids is 1. The lowest BCUT2D eigenvalue weighted by Gasteiger charge is -2.05. The van der Waals surface area contributed by atoms with E-state index < -0.39 is 5.97 Å². The molecule has 0 unspecified atom stereocenters. The molecule has 0 spiro atoms. The molecule has 0 aliphatic heterocycles. The smallest absolute Gasteiger partial charge is 0.328 e. The number of nitrogens with one attached hydrogen (secondary N) is 1. The molecule has 2 N–H and O–H groups in total. The van der Waals surface area contributed by atoms with Crippen molar-refractivity contribution in [2.45, 2.75) is 6.54 Å². The maximum atomic E-state index is 11.9. The van der Waals surface area contributed by atoms with E-state index in [0.29, 0.717) is 24.2 Å². The first-order chi connectivity index (χ1) is 10.1. The Morgan fingerprint density at radius 1 is 1.38 bits per heavy atom. The van der Waals surface area contributed by atoms with Crippen LogP contribution in [-0.2, 0) is 11.3 Å². The highest BCUT2D eigenvalue weighted by Crippen LogP contribution is 2.04. The molecule has 2 aromatic rings. The number of rotatable bonds is 6. The SMILES string of the molecule is O=C(O)/C=C/c1cncc(C(=O)NCCn2ccnn2)c1. The Labute approximate surface area is 120 Å². The van der Waals surface area contributed by atoms with E-state index in [1.165, 1.54) is 18.5 Å². The quantitative estimate of drug-likeness (QED) is 0.734. The normalized spacial score (nSPS) is 10.7. The lowest BCUT2D eigenvalue weighted by molar-refractivity contribution is -0.131. The van der Waals surface area contributed by atoms with Gasteiger partial charge in [0.25, 0.3) is 5.91 Å². The number of aliphatic carboxylic acids is 1. The Hall–Kier alpha value is -3.03. The number of nitrogens with zero attached hydrogens (tertiary/aromatic N) is 4. The van der Waals surface area contributed by atoms with Gasteiger partial charge in [-0.3, -0.25) is 14.5 Å². The first-order valence-corrected chi connectivity index (χ1v) is 6.13. The maximum absolute atomic E-state index is 11.9. The van der Waals surface area contributed by atoms with Gasteiger partial charge in [-0.25, -0.2) is 4.79 Å².